The Hall–Kier alpha value is -1.30. The van der Waals surface area contributed by atoms with Crippen LogP contribution in [0.1, 0.15) is 84.5 Å². The molecule has 0 bridgehead atoms. The fourth-order valence-electron chi connectivity index (χ4n) is 10.2. The largest absolute Gasteiger partial charge is 0.381 e. The van der Waals surface area contributed by atoms with Crippen LogP contribution in [0.5, 0.6) is 0 Å². The van der Waals surface area contributed by atoms with Gasteiger partial charge in [0.25, 0.3) is 0 Å². The van der Waals surface area contributed by atoms with Gasteiger partial charge < -0.3 is 53.7 Å². The van der Waals surface area contributed by atoms with Gasteiger partial charge in [-0.25, -0.2) is 0 Å². The molecule has 4 N–H and O–H groups in total. The Morgan fingerprint density at radius 1 is 0.709 bits per heavy atom. The molecule has 4 saturated carbocycles. The highest BCUT2D eigenvalue weighted by molar-refractivity contribution is 5.82. The maximum atomic E-state index is 13.6. The lowest BCUT2D eigenvalue weighted by Crippen LogP contribution is -2.66. The first-order chi connectivity index (χ1) is 26.5. The second kappa shape index (κ2) is 21.1. The van der Waals surface area contributed by atoms with Gasteiger partial charge in [0, 0.05) is 80.1 Å². The summed E-state index contributed by atoms with van der Waals surface area (Å²) in [5, 5.41) is 7.04. The fraction of sp³-hybridized carbons (Fsp3) is 0.951. The average molecular weight is 784 g/mol. The molecule has 0 aromatic rings. The van der Waals surface area contributed by atoms with E-state index in [0.717, 1.165) is 38.5 Å². The maximum absolute atomic E-state index is 13.6. The number of methoxy groups -OCH3 is 7. The predicted octanol–water partition coefficient (Wildman–Crippen LogP) is 3.01. The second-order valence-electron chi connectivity index (χ2n) is 17.1. The van der Waals surface area contributed by atoms with E-state index in [-0.39, 0.29) is 127 Å². The van der Waals surface area contributed by atoms with Crippen molar-refractivity contribution in [1.29, 1.82) is 0 Å². The molecule has 4 aliphatic carbocycles. The molecule has 55 heavy (non-hydrogen) atoms. The van der Waals surface area contributed by atoms with Gasteiger partial charge in [-0.15, -0.1) is 0 Å². The minimum absolute atomic E-state index is 0.0334. The number of carbonyl (C=O) groups is 2. The van der Waals surface area contributed by atoms with Crippen LogP contribution in [0.2, 0.25) is 0 Å². The van der Waals surface area contributed by atoms with E-state index in [4.69, 9.17) is 48.4 Å². The van der Waals surface area contributed by atoms with Crippen molar-refractivity contribution < 1.29 is 52.2 Å². The number of nitrogens with one attached hydrogen (secondary N) is 2. The number of fused-ring (bicyclic) bond motifs is 1. The zero-order valence-electron chi connectivity index (χ0n) is 34.9. The first-order valence-corrected chi connectivity index (χ1v) is 20.8. The summed E-state index contributed by atoms with van der Waals surface area (Å²) < 4.78 is 53.8. The lowest BCUT2D eigenvalue weighted by atomic mass is 9.75. The summed E-state index contributed by atoms with van der Waals surface area (Å²) in [7, 11) is 11.8. The molecule has 318 valence electrons. The molecule has 0 aromatic heterocycles. The number of Topliss-reactive ketones (excluding diaryl/α,β-unsaturated/α-hetero) is 1. The number of ketones is 1. The van der Waals surface area contributed by atoms with Crippen molar-refractivity contribution in [3.8, 4) is 0 Å². The van der Waals surface area contributed by atoms with Crippen molar-refractivity contribution >= 4 is 11.7 Å². The Balaban J connectivity index is 1.09. The van der Waals surface area contributed by atoms with Crippen molar-refractivity contribution in [3.05, 3.63) is 0 Å². The van der Waals surface area contributed by atoms with Crippen molar-refractivity contribution in [2.75, 3.05) is 56.4 Å². The van der Waals surface area contributed by atoms with E-state index in [1.54, 1.807) is 49.8 Å². The van der Waals surface area contributed by atoms with Crippen LogP contribution in [0.4, 0.5) is 0 Å². The van der Waals surface area contributed by atoms with E-state index in [2.05, 4.69) is 24.5 Å². The number of hydrogen-bond donors (Lipinski definition) is 3. The topological polar surface area (TPSA) is 167 Å². The highest BCUT2D eigenvalue weighted by atomic mass is 16.6. The summed E-state index contributed by atoms with van der Waals surface area (Å²) in [6.07, 6.45) is 6.60. The van der Waals surface area contributed by atoms with Crippen molar-refractivity contribution in [3.63, 3.8) is 0 Å². The maximum Gasteiger partial charge on any atom is 0.226 e. The Labute approximate surface area is 329 Å². The smallest absolute Gasteiger partial charge is 0.226 e. The molecule has 0 aromatic carbocycles. The molecule has 5 aliphatic rings. The van der Waals surface area contributed by atoms with Gasteiger partial charge in [0.2, 0.25) is 5.91 Å². The van der Waals surface area contributed by atoms with E-state index < -0.39 is 0 Å². The second-order valence-corrected chi connectivity index (χ2v) is 17.1. The molecule has 1 saturated heterocycles. The third kappa shape index (κ3) is 10.9. The standard InChI is InChI=1S/C41H73N3O11/c1-22(21-54-32-13-10-24(14-33(32)48-4)40-43-30-12-11-27(47-3)19-28(30)41(46)44-40)23(2)55-39-36(51-7)15-25(16-37(39)52-8)29(42)20-31(45)26-17-34(49-5)38(53-9)35(18-26)50-6/h22-30,32-40,43H,10-21,42H2,1-9H3,(H,44,46). The Bertz CT molecular complexity index is 1170. The van der Waals surface area contributed by atoms with Crippen LogP contribution in [0, 0.1) is 29.6 Å². The van der Waals surface area contributed by atoms with Crippen LogP contribution in [-0.4, -0.2) is 147 Å². The van der Waals surface area contributed by atoms with E-state index in [1.165, 1.54) is 0 Å². The van der Waals surface area contributed by atoms with Gasteiger partial charge in [-0.05, 0) is 83.0 Å². The molecule has 0 spiro atoms. The fourth-order valence-corrected chi connectivity index (χ4v) is 10.2. The Kier molecular flexibility index (Phi) is 17.2. The number of ether oxygens (including phenoxy) is 9. The van der Waals surface area contributed by atoms with Crippen LogP contribution in [0.15, 0.2) is 0 Å². The predicted molar refractivity (Wildman–Crippen MR) is 205 cm³/mol. The summed E-state index contributed by atoms with van der Waals surface area (Å²) in [6.45, 7) is 4.75. The van der Waals surface area contributed by atoms with Gasteiger partial charge in [-0.3, -0.25) is 14.9 Å². The molecule has 1 amide bonds. The quantitative estimate of drug-likeness (QED) is 0.186. The van der Waals surface area contributed by atoms with Crippen LogP contribution < -0.4 is 16.4 Å². The van der Waals surface area contributed by atoms with Crippen molar-refractivity contribution in [2.24, 2.45) is 35.3 Å². The zero-order chi connectivity index (χ0) is 39.8. The molecule has 14 atom stereocenters. The molecule has 14 nitrogen and oxygen atoms in total. The number of nitrogens with two attached hydrogens (primary N) is 1. The van der Waals surface area contributed by atoms with E-state index in [9.17, 15) is 9.59 Å². The van der Waals surface area contributed by atoms with Crippen LogP contribution >= 0.6 is 0 Å². The SMILES string of the molecule is COC1CCC2NC(C3CCC(OCC(C)C(C)OC4C(OC)CC(C(N)CC(=O)C5CC(OC)C(OC)C(OC)C5)CC4OC)C(OC)C3)NC(=O)C2C1. The van der Waals surface area contributed by atoms with Crippen molar-refractivity contribution in [2.45, 2.75) is 164 Å². The summed E-state index contributed by atoms with van der Waals surface area (Å²) in [6, 6.07) is -0.142. The molecule has 5 rings (SSSR count). The zero-order valence-corrected chi connectivity index (χ0v) is 34.9. The molecular weight excluding hydrogens is 710 g/mol. The van der Waals surface area contributed by atoms with Crippen LogP contribution in [0.3, 0.4) is 0 Å². The van der Waals surface area contributed by atoms with Gasteiger partial charge in [-0.1, -0.05) is 6.92 Å². The number of amides is 1. The Morgan fingerprint density at radius 3 is 1.91 bits per heavy atom. The number of hydrogen-bond acceptors (Lipinski definition) is 13. The lowest BCUT2D eigenvalue weighted by molar-refractivity contribution is -0.185. The monoisotopic (exact) mass is 784 g/mol. The third-order valence-corrected chi connectivity index (χ3v) is 14.0. The van der Waals surface area contributed by atoms with Crippen LogP contribution in [0.25, 0.3) is 0 Å². The van der Waals surface area contributed by atoms with E-state index in [0.29, 0.717) is 32.3 Å². The van der Waals surface area contributed by atoms with Gasteiger partial charge in [0.05, 0.1) is 67.5 Å². The minimum atomic E-state index is -0.336. The average Bonchev–Trinajstić information content (AvgIpc) is 3.21. The first-order valence-electron chi connectivity index (χ1n) is 20.8. The molecule has 0 radical (unpaired) electrons. The first kappa shape index (κ1) is 44.8. The van der Waals surface area contributed by atoms with Gasteiger partial charge >= 0.3 is 0 Å². The molecule has 1 heterocycles. The summed E-state index contributed by atoms with van der Waals surface area (Å²) in [5.41, 5.74) is 6.79. The third-order valence-electron chi connectivity index (χ3n) is 14.0. The van der Waals surface area contributed by atoms with Crippen LogP contribution in [-0.2, 0) is 52.2 Å². The molecule has 14 heteroatoms. The minimum Gasteiger partial charge on any atom is -0.381 e. The Morgan fingerprint density at radius 2 is 1.33 bits per heavy atom. The highest BCUT2D eigenvalue weighted by Gasteiger charge is 2.47. The van der Waals surface area contributed by atoms with E-state index in [1.807, 2.05) is 0 Å². The summed E-state index contributed by atoms with van der Waals surface area (Å²) >= 11 is 0. The molecule has 5 fully saturated rings. The van der Waals surface area contributed by atoms with Gasteiger partial charge in [0.15, 0.2) is 0 Å². The van der Waals surface area contributed by atoms with Gasteiger partial charge in [0.1, 0.15) is 18.0 Å². The lowest BCUT2D eigenvalue weighted by Gasteiger charge is -2.46. The highest BCUT2D eigenvalue weighted by Crippen LogP contribution is 2.38. The molecule has 1 aliphatic heterocycles. The van der Waals surface area contributed by atoms with Gasteiger partial charge in [-0.2, -0.15) is 0 Å². The number of rotatable bonds is 18. The number of carbonyl (C=O) groups excluding carboxylic acids is 2. The van der Waals surface area contributed by atoms with Crippen molar-refractivity contribution in [1.82, 2.24) is 10.6 Å². The van der Waals surface area contributed by atoms with E-state index >= 15 is 0 Å². The summed E-state index contributed by atoms with van der Waals surface area (Å²) in [5.74, 6) is 0.444. The molecule has 14 unspecified atom stereocenters. The summed E-state index contributed by atoms with van der Waals surface area (Å²) in [4.78, 5) is 26.7. The normalized spacial score (nSPS) is 41.5. The molecular formula is C41H73N3O11.